The summed E-state index contributed by atoms with van der Waals surface area (Å²) in [4.78, 5) is 26.9. The number of halogens is 1. The van der Waals surface area contributed by atoms with Crippen LogP contribution in [-0.2, 0) is 16.1 Å². The van der Waals surface area contributed by atoms with Gasteiger partial charge in [-0.25, -0.2) is 4.39 Å². The molecule has 166 valence electrons. The predicted octanol–water partition coefficient (Wildman–Crippen LogP) is 4.22. The van der Waals surface area contributed by atoms with Crippen molar-refractivity contribution in [3.8, 4) is 0 Å². The quantitative estimate of drug-likeness (QED) is 0.698. The zero-order valence-electron chi connectivity index (χ0n) is 18.6. The first kappa shape index (κ1) is 22.9. The van der Waals surface area contributed by atoms with Crippen molar-refractivity contribution < 1.29 is 14.0 Å². The molecule has 0 aliphatic carbocycles. The molecule has 0 unspecified atom stereocenters. The molecule has 0 bridgehead atoms. The number of nitrogens with zero attached hydrogens (tertiary/aromatic N) is 1. The van der Waals surface area contributed by atoms with Crippen LogP contribution < -0.4 is 10.6 Å². The monoisotopic (exact) mass is 425 g/mol. The van der Waals surface area contributed by atoms with Crippen LogP contribution in [0, 0.1) is 18.7 Å². The van der Waals surface area contributed by atoms with Gasteiger partial charge in [-0.3, -0.25) is 14.5 Å². The van der Waals surface area contributed by atoms with Crippen molar-refractivity contribution in [3.63, 3.8) is 0 Å². The highest BCUT2D eigenvalue weighted by atomic mass is 19.1. The lowest BCUT2D eigenvalue weighted by molar-refractivity contribution is -0.126. The van der Waals surface area contributed by atoms with Gasteiger partial charge in [0.1, 0.15) is 5.82 Å². The zero-order chi connectivity index (χ0) is 22.4. The maximum atomic E-state index is 13.6. The summed E-state index contributed by atoms with van der Waals surface area (Å²) in [5.74, 6) is 0.0885. The van der Waals surface area contributed by atoms with E-state index in [-0.39, 0.29) is 23.5 Å². The summed E-state index contributed by atoms with van der Waals surface area (Å²) in [5, 5.41) is 5.86. The summed E-state index contributed by atoms with van der Waals surface area (Å²) in [6, 6.07) is 13.0. The minimum absolute atomic E-state index is 0.00433. The summed E-state index contributed by atoms with van der Waals surface area (Å²) in [6.45, 7) is 8.05. The third-order valence-electron chi connectivity index (χ3n) is 5.89. The number of hydrogen-bond acceptors (Lipinski definition) is 3. The van der Waals surface area contributed by atoms with Gasteiger partial charge >= 0.3 is 0 Å². The molecule has 1 aliphatic heterocycles. The molecular formula is C25H32FN3O2. The Hall–Kier alpha value is -2.73. The Labute approximate surface area is 184 Å². The van der Waals surface area contributed by atoms with Gasteiger partial charge in [0.25, 0.3) is 0 Å². The van der Waals surface area contributed by atoms with Gasteiger partial charge in [-0.15, -0.1) is 0 Å². The van der Waals surface area contributed by atoms with Gasteiger partial charge in [-0.2, -0.15) is 0 Å². The Morgan fingerprint density at radius 3 is 2.39 bits per heavy atom. The van der Waals surface area contributed by atoms with Gasteiger partial charge in [-0.05, 0) is 73.7 Å². The minimum atomic E-state index is -0.255. The zero-order valence-corrected chi connectivity index (χ0v) is 18.6. The van der Waals surface area contributed by atoms with Crippen molar-refractivity contribution in [1.29, 1.82) is 0 Å². The number of carbonyl (C=O) groups excluding carboxylic acids is 2. The highest BCUT2D eigenvalue weighted by molar-refractivity contribution is 5.92. The van der Waals surface area contributed by atoms with Crippen LogP contribution in [0.15, 0.2) is 42.5 Å². The van der Waals surface area contributed by atoms with Crippen molar-refractivity contribution in [3.05, 3.63) is 65.0 Å². The van der Waals surface area contributed by atoms with E-state index < -0.39 is 0 Å². The fraction of sp³-hybridized carbons (Fsp3) is 0.440. The van der Waals surface area contributed by atoms with Crippen LogP contribution in [-0.4, -0.2) is 36.3 Å². The number of likely N-dealkylation sites (tertiary alicyclic amines) is 1. The van der Waals surface area contributed by atoms with Crippen LogP contribution in [0.3, 0.4) is 0 Å². The van der Waals surface area contributed by atoms with Gasteiger partial charge in [-0.1, -0.05) is 38.1 Å². The number of nitrogens with one attached hydrogen (secondary N) is 2. The van der Waals surface area contributed by atoms with Crippen LogP contribution in [0.5, 0.6) is 0 Å². The highest BCUT2D eigenvalue weighted by Gasteiger charge is 2.25. The lowest BCUT2D eigenvalue weighted by Gasteiger charge is -2.30. The predicted molar refractivity (Wildman–Crippen MR) is 121 cm³/mol. The SMILES string of the molecule is Cc1ccc(CNC(=O)C2CCN(CC(=O)Nc3ccc(C(C)C)cc3)CC2)cc1F. The topological polar surface area (TPSA) is 61.4 Å². The molecule has 1 saturated heterocycles. The molecule has 2 N–H and O–H groups in total. The molecule has 3 rings (SSSR count). The minimum Gasteiger partial charge on any atom is -0.352 e. The molecule has 1 aliphatic rings. The first-order valence-electron chi connectivity index (χ1n) is 11.0. The average Bonchev–Trinajstić information content (AvgIpc) is 2.75. The third kappa shape index (κ3) is 6.62. The van der Waals surface area contributed by atoms with E-state index in [9.17, 15) is 14.0 Å². The van der Waals surface area contributed by atoms with Crippen molar-refractivity contribution >= 4 is 17.5 Å². The molecule has 0 spiro atoms. The van der Waals surface area contributed by atoms with Gasteiger partial charge in [0.05, 0.1) is 6.54 Å². The number of benzene rings is 2. The molecule has 6 heteroatoms. The Bertz CT molecular complexity index is 903. The molecule has 31 heavy (non-hydrogen) atoms. The second-order valence-corrected chi connectivity index (χ2v) is 8.68. The van der Waals surface area contributed by atoms with Gasteiger partial charge in [0.15, 0.2) is 0 Å². The fourth-order valence-corrected chi connectivity index (χ4v) is 3.79. The number of aryl methyl sites for hydroxylation is 1. The van der Waals surface area contributed by atoms with Crippen LogP contribution in [0.4, 0.5) is 10.1 Å². The molecule has 2 amide bonds. The lowest BCUT2D eigenvalue weighted by atomic mass is 9.95. The molecule has 1 heterocycles. The molecule has 0 aromatic heterocycles. The van der Waals surface area contributed by atoms with Crippen LogP contribution in [0.25, 0.3) is 0 Å². The van der Waals surface area contributed by atoms with Gasteiger partial charge < -0.3 is 10.6 Å². The van der Waals surface area contributed by atoms with E-state index in [0.29, 0.717) is 50.5 Å². The maximum absolute atomic E-state index is 13.6. The summed E-state index contributed by atoms with van der Waals surface area (Å²) in [6.07, 6.45) is 1.43. The normalized spacial score (nSPS) is 15.1. The smallest absolute Gasteiger partial charge is 0.238 e. The van der Waals surface area contributed by atoms with Gasteiger partial charge in [0, 0.05) is 18.2 Å². The Morgan fingerprint density at radius 1 is 1.10 bits per heavy atom. The molecule has 2 aromatic carbocycles. The number of anilines is 1. The summed E-state index contributed by atoms with van der Waals surface area (Å²) in [5.41, 5.74) is 3.40. The molecule has 0 atom stereocenters. The molecule has 0 saturated carbocycles. The Kier molecular flexibility index (Phi) is 7.80. The van der Waals surface area contributed by atoms with E-state index in [2.05, 4.69) is 29.4 Å². The number of amides is 2. The van der Waals surface area contributed by atoms with E-state index in [4.69, 9.17) is 0 Å². The number of piperidine rings is 1. The second-order valence-electron chi connectivity index (χ2n) is 8.68. The Balaban J connectivity index is 1.39. The van der Waals surface area contributed by atoms with E-state index in [1.54, 1.807) is 13.0 Å². The Morgan fingerprint density at radius 2 is 1.77 bits per heavy atom. The van der Waals surface area contributed by atoms with Crippen molar-refractivity contribution in [1.82, 2.24) is 10.2 Å². The second kappa shape index (κ2) is 10.5. The van der Waals surface area contributed by atoms with Crippen LogP contribution in [0.2, 0.25) is 0 Å². The van der Waals surface area contributed by atoms with Gasteiger partial charge in [0.2, 0.25) is 11.8 Å². The summed E-state index contributed by atoms with van der Waals surface area (Å²) >= 11 is 0. The van der Waals surface area contributed by atoms with E-state index >= 15 is 0 Å². The third-order valence-corrected chi connectivity index (χ3v) is 5.89. The maximum Gasteiger partial charge on any atom is 0.238 e. The van der Waals surface area contributed by atoms with E-state index in [1.165, 1.54) is 11.6 Å². The van der Waals surface area contributed by atoms with Crippen molar-refractivity contribution in [2.75, 3.05) is 25.0 Å². The fourth-order valence-electron chi connectivity index (χ4n) is 3.79. The summed E-state index contributed by atoms with van der Waals surface area (Å²) in [7, 11) is 0. The first-order chi connectivity index (χ1) is 14.8. The highest BCUT2D eigenvalue weighted by Crippen LogP contribution is 2.19. The average molecular weight is 426 g/mol. The molecule has 2 aromatic rings. The van der Waals surface area contributed by atoms with Crippen LogP contribution >= 0.6 is 0 Å². The molecule has 0 radical (unpaired) electrons. The number of hydrogen-bond donors (Lipinski definition) is 2. The van der Waals surface area contributed by atoms with Crippen LogP contribution in [0.1, 0.15) is 49.3 Å². The largest absolute Gasteiger partial charge is 0.352 e. The van der Waals surface area contributed by atoms with Crippen molar-refractivity contribution in [2.45, 2.75) is 46.1 Å². The van der Waals surface area contributed by atoms with E-state index in [0.717, 1.165) is 11.3 Å². The number of carbonyl (C=O) groups is 2. The van der Waals surface area contributed by atoms with E-state index in [1.807, 2.05) is 30.3 Å². The standard InChI is InChI=1S/C25H32FN3O2/c1-17(2)20-6-8-22(9-7-20)28-24(30)16-29-12-10-21(11-13-29)25(31)27-15-19-5-4-18(3)23(26)14-19/h4-9,14,17,21H,10-13,15-16H2,1-3H3,(H,27,31)(H,28,30). The number of rotatable bonds is 7. The lowest BCUT2D eigenvalue weighted by Crippen LogP contribution is -2.43. The molecular weight excluding hydrogens is 393 g/mol. The molecule has 1 fully saturated rings. The molecule has 5 nitrogen and oxygen atoms in total. The summed E-state index contributed by atoms with van der Waals surface area (Å²) < 4.78 is 13.6. The van der Waals surface area contributed by atoms with Crippen molar-refractivity contribution in [2.24, 2.45) is 5.92 Å². The first-order valence-corrected chi connectivity index (χ1v) is 11.0.